The number of benzene rings is 1. The fraction of sp³-hybridized carbons (Fsp3) is 0.474. The van der Waals surface area contributed by atoms with E-state index in [9.17, 15) is 14.7 Å². The molecule has 0 saturated heterocycles. The van der Waals surface area contributed by atoms with Gasteiger partial charge in [0.05, 0.1) is 24.0 Å². The van der Waals surface area contributed by atoms with Crippen molar-refractivity contribution in [3.8, 4) is 6.07 Å². The van der Waals surface area contributed by atoms with Crippen LogP contribution in [0.25, 0.3) is 0 Å². The van der Waals surface area contributed by atoms with Crippen molar-refractivity contribution in [1.82, 2.24) is 5.43 Å². The van der Waals surface area contributed by atoms with Gasteiger partial charge in [0.2, 0.25) is 0 Å². The zero-order valence-corrected chi connectivity index (χ0v) is 14.9. The van der Waals surface area contributed by atoms with Gasteiger partial charge in [-0.3, -0.25) is 9.59 Å². The van der Waals surface area contributed by atoms with Gasteiger partial charge in [0.15, 0.2) is 0 Å². The Labute approximate surface area is 152 Å². The minimum absolute atomic E-state index is 0.132. The van der Waals surface area contributed by atoms with E-state index in [1.165, 1.54) is 0 Å². The average molecular weight is 357 g/mol. The zero-order valence-electron chi connectivity index (χ0n) is 14.9. The summed E-state index contributed by atoms with van der Waals surface area (Å²) in [7, 11) is 0. The maximum atomic E-state index is 12.6. The highest BCUT2D eigenvalue weighted by Gasteiger charge is 2.45. The summed E-state index contributed by atoms with van der Waals surface area (Å²) in [6.07, 6.45) is 0.164. The molecule has 1 saturated carbocycles. The summed E-state index contributed by atoms with van der Waals surface area (Å²) in [6.45, 7) is 3.62. The van der Waals surface area contributed by atoms with Crippen LogP contribution in [0.5, 0.6) is 0 Å². The third kappa shape index (κ3) is 4.90. The SMILES string of the molecule is CCOC(=O)[C@@H]1/C(=N\NC(=O)CC#N)C[C@](C)(O)C[C@@H]1c1ccccc1. The first-order valence-electron chi connectivity index (χ1n) is 8.54. The van der Waals surface area contributed by atoms with Crippen molar-refractivity contribution in [2.45, 2.75) is 44.6 Å². The van der Waals surface area contributed by atoms with Gasteiger partial charge in [-0.15, -0.1) is 0 Å². The van der Waals surface area contributed by atoms with Gasteiger partial charge in [0, 0.05) is 12.3 Å². The van der Waals surface area contributed by atoms with Crippen molar-refractivity contribution in [3.05, 3.63) is 35.9 Å². The van der Waals surface area contributed by atoms with Crippen LogP contribution >= 0.6 is 0 Å². The molecule has 2 N–H and O–H groups in total. The number of nitriles is 1. The number of rotatable bonds is 5. The van der Waals surface area contributed by atoms with Crippen LogP contribution in [0.3, 0.4) is 0 Å². The van der Waals surface area contributed by atoms with E-state index in [1.807, 2.05) is 30.3 Å². The van der Waals surface area contributed by atoms with E-state index in [4.69, 9.17) is 10.00 Å². The highest BCUT2D eigenvalue weighted by molar-refractivity contribution is 6.04. The molecule has 0 unspecified atom stereocenters. The number of esters is 1. The van der Waals surface area contributed by atoms with Crippen LogP contribution in [0.15, 0.2) is 35.4 Å². The molecule has 7 nitrogen and oxygen atoms in total. The fourth-order valence-corrected chi connectivity index (χ4v) is 3.29. The Balaban J connectivity index is 2.41. The van der Waals surface area contributed by atoms with Gasteiger partial charge < -0.3 is 9.84 Å². The van der Waals surface area contributed by atoms with Crippen molar-refractivity contribution >= 4 is 17.6 Å². The van der Waals surface area contributed by atoms with Gasteiger partial charge in [-0.2, -0.15) is 10.4 Å². The average Bonchev–Trinajstić information content (AvgIpc) is 2.60. The van der Waals surface area contributed by atoms with Crippen LogP contribution in [-0.2, 0) is 14.3 Å². The zero-order chi connectivity index (χ0) is 19.2. The van der Waals surface area contributed by atoms with E-state index >= 15 is 0 Å². The topological polar surface area (TPSA) is 112 Å². The number of hydrogen-bond acceptors (Lipinski definition) is 6. The van der Waals surface area contributed by atoms with E-state index in [0.717, 1.165) is 5.56 Å². The molecule has 1 aromatic rings. The van der Waals surface area contributed by atoms with Crippen LogP contribution in [-0.4, -0.2) is 34.9 Å². The monoisotopic (exact) mass is 357 g/mol. The molecule has 2 rings (SSSR count). The highest BCUT2D eigenvalue weighted by atomic mass is 16.5. The minimum Gasteiger partial charge on any atom is -0.465 e. The lowest BCUT2D eigenvalue weighted by Crippen LogP contribution is -2.46. The minimum atomic E-state index is -1.08. The molecule has 138 valence electrons. The fourth-order valence-electron chi connectivity index (χ4n) is 3.29. The van der Waals surface area contributed by atoms with E-state index in [2.05, 4.69) is 10.5 Å². The molecule has 0 aromatic heterocycles. The normalized spacial score (nSPS) is 26.8. The molecule has 0 aliphatic heterocycles. The molecule has 7 heteroatoms. The van der Waals surface area contributed by atoms with Crippen molar-refractivity contribution in [1.29, 1.82) is 5.26 Å². The van der Waals surface area contributed by atoms with Gasteiger partial charge in [0.25, 0.3) is 5.91 Å². The molecule has 1 aliphatic carbocycles. The Morgan fingerprint density at radius 1 is 1.42 bits per heavy atom. The van der Waals surface area contributed by atoms with Crippen LogP contribution in [0, 0.1) is 17.2 Å². The quantitative estimate of drug-likeness (QED) is 0.617. The second-order valence-electron chi connectivity index (χ2n) is 6.60. The molecule has 1 fully saturated rings. The summed E-state index contributed by atoms with van der Waals surface area (Å²) in [5.41, 5.74) is 2.45. The molecular weight excluding hydrogens is 334 g/mol. The van der Waals surface area contributed by atoms with Crippen molar-refractivity contribution in [3.63, 3.8) is 0 Å². The second-order valence-corrected chi connectivity index (χ2v) is 6.60. The predicted molar refractivity (Wildman–Crippen MR) is 95.0 cm³/mol. The van der Waals surface area contributed by atoms with Crippen LogP contribution in [0.4, 0.5) is 0 Å². The standard InChI is InChI=1S/C19H23N3O4/c1-3-26-18(24)17-14(13-7-5-4-6-8-13)11-19(2,25)12-15(17)21-22-16(23)9-10-20/h4-8,14,17,25H,3,9,11-12H2,1-2H3,(H,22,23)/b21-15-/t14-,17+,19-/m1/s1. The number of amides is 1. The molecule has 0 heterocycles. The van der Waals surface area contributed by atoms with Gasteiger partial charge in [-0.25, -0.2) is 5.43 Å². The molecule has 0 bridgehead atoms. The first kappa shape index (κ1) is 19.6. The number of hydrazone groups is 1. The van der Waals surface area contributed by atoms with Crippen molar-refractivity contribution in [2.75, 3.05) is 6.61 Å². The number of nitrogens with one attached hydrogen (secondary N) is 1. The van der Waals surface area contributed by atoms with Crippen molar-refractivity contribution in [2.24, 2.45) is 11.0 Å². The maximum absolute atomic E-state index is 12.6. The lowest BCUT2D eigenvalue weighted by atomic mass is 9.68. The smallest absolute Gasteiger partial charge is 0.315 e. The Bertz CT molecular complexity index is 722. The molecular formula is C19H23N3O4. The van der Waals surface area contributed by atoms with E-state index in [0.29, 0.717) is 12.1 Å². The molecule has 1 aliphatic rings. The lowest BCUT2D eigenvalue weighted by molar-refractivity contribution is -0.147. The third-order valence-corrected chi connectivity index (χ3v) is 4.32. The van der Waals surface area contributed by atoms with E-state index in [-0.39, 0.29) is 25.4 Å². The molecule has 0 spiro atoms. The highest BCUT2D eigenvalue weighted by Crippen LogP contribution is 2.41. The number of aliphatic hydroxyl groups is 1. The Hall–Kier alpha value is -2.72. The first-order chi connectivity index (χ1) is 12.4. The summed E-state index contributed by atoms with van der Waals surface area (Å²) < 4.78 is 5.22. The van der Waals surface area contributed by atoms with Gasteiger partial charge in [-0.1, -0.05) is 30.3 Å². The van der Waals surface area contributed by atoms with E-state index < -0.39 is 23.4 Å². The molecule has 3 atom stereocenters. The lowest BCUT2D eigenvalue weighted by Gasteiger charge is -2.39. The number of nitrogens with zero attached hydrogens (tertiary/aromatic N) is 2. The van der Waals surface area contributed by atoms with E-state index in [1.54, 1.807) is 19.9 Å². The van der Waals surface area contributed by atoms with Crippen LogP contribution in [0.1, 0.15) is 44.6 Å². The Morgan fingerprint density at radius 3 is 2.73 bits per heavy atom. The Morgan fingerprint density at radius 2 is 2.12 bits per heavy atom. The van der Waals surface area contributed by atoms with Crippen molar-refractivity contribution < 1.29 is 19.4 Å². The maximum Gasteiger partial charge on any atom is 0.315 e. The summed E-state index contributed by atoms with van der Waals surface area (Å²) >= 11 is 0. The van der Waals surface area contributed by atoms with Crippen LogP contribution < -0.4 is 5.43 Å². The predicted octanol–water partition coefficient (Wildman–Crippen LogP) is 1.88. The Kier molecular flexibility index (Phi) is 6.47. The molecule has 26 heavy (non-hydrogen) atoms. The summed E-state index contributed by atoms with van der Waals surface area (Å²) in [6, 6.07) is 11.1. The summed E-state index contributed by atoms with van der Waals surface area (Å²) in [5.74, 6) is -2.04. The third-order valence-electron chi connectivity index (χ3n) is 4.32. The number of carbonyl (C=O) groups is 2. The summed E-state index contributed by atoms with van der Waals surface area (Å²) in [4.78, 5) is 24.2. The van der Waals surface area contributed by atoms with Crippen LogP contribution in [0.2, 0.25) is 0 Å². The molecule has 0 radical (unpaired) electrons. The number of hydrogen-bond donors (Lipinski definition) is 2. The van der Waals surface area contributed by atoms with Gasteiger partial charge >= 0.3 is 5.97 Å². The largest absolute Gasteiger partial charge is 0.465 e. The number of carbonyl (C=O) groups excluding carboxylic acids is 2. The molecule has 1 amide bonds. The first-order valence-corrected chi connectivity index (χ1v) is 8.54. The second kappa shape index (κ2) is 8.59. The molecule has 1 aromatic carbocycles. The number of ether oxygens (including phenoxy) is 1. The van der Waals surface area contributed by atoms with Gasteiger partial charge in [-0.05, 0) is 25.8 Å². The van der Waals surface area contributed by atoms with Gasteiger partial charge in [0.1, 0.15) is 12.3 Å². The summed E-state index contributed by atoms with van der Waals surface area (Å²) in [5, 5.41) is 23.3.